The zero-order valence-electron chi connectivity index (χ0n) is 14.8. The summed E-state index contributed by atoms with van der Waals surface area (Å²) in [5.74, 6) is -0.759. The van der Waals surface area contributed by atoms with Crippen molar-refractivity contribution in [3.8, 4) is 5.75 Å². The van der Waals surface area contributed by atoms with Crippen molar-refractivity contribution in [3.63, 3.8) is 0 Å². The highest BCUT2D eigenvalue weighted by molar-refractivity contribution is 6.10. The molecule has 2 unspecified atom stereocenters. The van der Waals surface area contributed by atoms with E-state index < -0.39 is 11.9 Å². The number of aromatic nitrogens is 1. The fraction of sp³-hybridized carbons (Fsp3) is 0.136. The molecule has 1 N–H and O–H groups in total. The van der Waals surface area contributed by atoms with E-state index in [4.69, 9.17) is 4.74 Å². The summed E-state index contributed by atoms with van der Waals surface area (Å²) in [7, 11) is 0. The number of ether oxygens (including phenoxy) is 1. The van der Waals surface area contributed by atoms with Gasteiger partial charge in [0.2, 0.25) is 0 Å². The molecule has 5 nitrogen and oxygen atoms in total. The summed E-state index contributed by atoms with van der Waals surface area (Å²) in [6.45, 7) is 1.32. The van der Waals surface area contributed by atoms with Gasteiger partial charge in [-0.05, 0) is 29.8 Å². The Balaban J connectivity index is 1.87. The number of fused-ring (bicyclic) bond motifs is 1. The van der Waals surface area contributed by atoms with E-state index in [2.05, 4.69) is 10.3 Å². The topological polar surface area (TPSA) is 68.3 Å². The summed E-state index contributed by atoms with van der Waals surface area (Å²) in [6, 6.07) is 20.1. The molecule has 5 heteroatoms. The molecule has 27 heavy (non-hydrogen) atoms. The van der Waals surface area contributed by atoms with E-state index in [1.54, 1.807) is 18.3 Å². The second kappa shape index (κ2) is 7.03. The molecule has 2 heterocycles. The molecule has 0 bridgehead atoms. The van der Waals surface area contributed by atoms with Gasteiger partial charge >= 0.3 is 5.97 Å². The van der Waals surface area contributed by atoms with Crippen LogP contribution in [0.25, 0.3) is 0 Å². The lowest BCUT2D eigenvalue weighted by Crippen LogP contribution is -2.32. The van der Waals surface area contributed by atoms with E-state index in [1.165, 1.54) is 6.92 Å². The van der Waals surface area contributed by atoms with Gasteiger partial charge in [0.05, 0.1) is 23.2 Å². The van der Waals surface area contributed by atoms with Crippen molar-refractivity contribution in [3.05, 3.63) is 89.7 Å². The first-order valence-electron chi connectivity index (χ1n) is 8.73. The van der Waals surface area contributed by atoms with Crippen molar-refractivity contribution >= 4 is 17.4 Å². The molecule has 0 aliphatic carbocycles. The van der Waals surface area contributed by atoms with Crippen LogP contribution in [0.5, 0.6) is 5.75 Å². The maximum atomic E-state index is 13.5. The number of ketones is 1. The molecule has 1 aromatic heterocycles. The van der Waals surface area contributed by atoms with Crippen LogP contribution < -0.4 is 10.1 Å². The van der Waals surface area contributed by atoms with Crippen LogP contribution in [0.2, 0.25) is 0 Å². The summed E-state index contributed by atoms with van der Waals surface area (Å²) in [5, 5.41) is 3.43. The molecular weight excluding hydrogens is 340 g/mol. The smallest absolute Gasteiger partial charge is 0.308 e. The van der Waals surface area contributed by atoms with E-state index in [1.807, 2.05) is 54.6 Å². The zero-order valence-corrected chi connectivity index (χ0v) is 14.8. The number of hydrogen-bond donors (Lipinski definition) is 1. The molecule has 2 aromatic carbocycles. The number of hydrogen-bond acceptors (Lipinski definition) is 5. The summed E-state index contributed by atoms with van der Waals surface area (Å²) in [6.07, 6.45) is 1.72. The first-order valence-corrected chi connectivity index (χ1v) is 8.73. The van der Waals surface area contributed by atoms with Crippen LogP contribution in [0.3, 0.4) is 0 Å². The molecule has 3 aromatic rings. The molecule has 0 fully saturated rings. The van der Waals surface area contributed by atoms with Gasteiger partial charge in [-0.2, -0.15) is 0 Å². The van der Waals surface area contributed by atoms with Crippen LogP contribution >= 0.6 is 0 Å². The summed E-state index contributed by atoms with van der Waals surface area (Å²) < 4.78 is 5.29. The molecule has 0 amide bonds. The molecule has 0 saturated heterocycles. The summed E-state index contributed by atoms with van der Waals surface area (Å²) in [5.41, 5.74) is 2.70. The Morgan fingerprint density at radius 2 is 1.78 bits per heavy atom. The van der Waals surface area contributed by atoms with Crippen molar-refractivity contribution in [1.29, 1.82) is 0 Å². The fourth-order valence-corrected chi connectivity index (χ4v) is 3.51. The Kier molecular flexibility index (Phi) is 4.42. The number of nitrogens with zero attached hydrogens (tertiary/aromatic N) is 1. The third-order valence-corrected chi connectivity index (χ3v) is 4.62. The van der Waals surface area contributed by atoms with Gasteiger partial charge in [-0.3, -0.25) is 14.6 Å². The SMILES string of the molecule is CC(=O)Oc1cccc2c1C(=O)C(c1ccccc1)C(c1ccccn1)N2. The molecule has 2 atom stereocenters. The predicted molar refractivity (Wildman–Crippen MR) is 102 cm³/mol. The number of carbonyl (C=O) groups excluding carboxylic acids is 2. The summed E-state index contributed by atoms with van der Waals surface area (Å²) in [4.78, 5) is 29.5. The van der Waals surface area contributed by atoms with Gasteiger partial charge < -0.3 is 10.1 Å². The fourth-order valence-electron chi connectivity index (χ4n) is 3.51. The van der Waals surface area contributed by atoms with Gasteiger partial charge in [0.15, 0.2) is 5.78 Å². The van der Waals surface area contributed by atoms with Crippen molar-refractivity contribution in [1.82, 2.24) is 4.98 Å². The van der Waals surface area contributed by atoms with Crippen LogP contribution in [0.15, 0.2) is 72.9 Å². The Hall–Kier alpha value is -3.47. The quantitative estimate of drug-likeness (QED) is 0.563. The van der Waals surface area contributed by atoms with E-state index in [0.29, 0.717) is 11.3 Å². The van der Waals surface area contributed by atoms with Crippen molar-refractivity contribution in [2.45, 2.75) is 18.9 Å². The number of pyridine rings is 1. The first-order chi connectivity index (χ1) is 13.1. The minimum absolute atomic E-state index is 0.0950. The Morgan fingerprint density at radius 3 is 2.48 bits per heavy atom. The van der Waals surface area contributed by atoms with Crippen molar-refractivity contribution in [2.75, 3.05) is 5.32 Å². The number of benzene rings is 2. The molecule has 0 spiro atoms. The minimum atomic E-state index is -0.481. The standard InChI is InChI=1S/C22H18N2O3/c1-14(25)27-18-12-7-11-16-20(18)22(26)19(15-8-3-2-4-9-15)21(24-16)17-10-5-6-13-23-17/h2-13,19,21,24H,1H3. The lowest BCUT2D eigenvalue weighted by atomic mass is 9.79. The summed E-state index contributed by atoms with van der Waals surface area (Å²) >= 11 is 0. The Bertz CT molecular complexity index is 987. The molecule has 4 rings (SSSR count). The molecule has 1 aliphatic rings. The van der Waals surface area contributed by atoms with E-state index in [-0.39, 0.29) is 17.6 Å². The van der Waals surface area contributed by atoms with Crippen LogP contribution in [-0.2, 0) is 4.79 Å². The lowest BCUT2D eigenvalue weighted by molar-refractivity contribution is -0.131. The van der Waals surface area contributed by atoms with Gasteiger partial charge in [-0.15, -0.1) is 0 Å². The van der Waals surface area contributed by atoms with Gasteiger partial charge in [0.1, 0.15) is 5.75 Å². The normalized spacial score (nSPS) is 18.3. The highest BCUT2D eigenvalue weighted by atomic mass is 16.5. The first kappa shape index (κ1) is 17.0. The number of nitrogens with one attached hydrogen (secondary N) is 1. The monoisotopic (exact) mass is 358 g/mol. The second-order valence-electron chi connectivity index (χ2n) is 6.40. The predicted octanol–water partition coefficient (Wildman–Crippen LogP) is 4.14. The van der Waals surface area contributed by atoms with Gasteiger partial charge in [0, 0.05) is 18.8 Å². The van der Waals surface area contributed by atoms with Crippen molar-refractivity contribution in [2.24, 2.45) is 0 Å². The van der Waals surface area contributed by atoms with E-state index in [9.17, 15) is 9.59 Å². The third-order valence-electron chi connectivity index (χ3n) is 4.62. The maximum Gasteiger partial charge on any atom is 0.308 e. The van der Waals surface area contributed by atoms with Crippen LogP contribution in [0.1, 0.15) is 40.5 Å². The average Bonchev–Trinajstić information content (AvgIpc) is 2.68. The average molecular weight is 358 g/mol. The Labute approximate surface area is 157 Å². The van der Waals surface area contributed by atoms with Crippen LogP contribution in [0, 0.1) is 0 Å². The zero-order chi connectivity index (χ0) is 18.8. The number of Topliss-reactive ketones (excluding diaryl/α,β-unsaturated/α-hetero) is 1. The molecule has 1 aliphatic heterocycles. The second-order valence-corrected chi connectivity index (χ2v) is 6.40. The van der Waals surface area contributed by atoms with Gasteiger partial charge in [-0.1, -0.05) is 42.5 Å². The van der Waals surface area contributed by atoms with E-state index in [0.717, 1.165) is 11.3 Å². The highest BCUT2D eigenvalue weighted by Gasteiger charge is 2.39. The van der Waals surface area contributed by atoms with Crippen LogP contribution in [0.4, 0.5) is 5.69 Å². The minimum Gasteiger partial charge on any atom is -0.426 e. The van der Waals surface area contributed by atoms with E-state index >= 15 is 0 Å². The van der Waals surface area contributed by atoms with Gasteiger partial charge in [0.25, 0.3) is 0 Å². The molecule has 134 valence electrons. The molecule has 0 radical (unpaired) electrons. The number of anilines is 1. The van der Waals surface area contributed by atoms with Crippen molar-refractivity contribution < 1.29 is 14.3 Å². The number of carbonyl (C=O) groups is 2. The number of rotatable bonds is 3. The molecule has 0 saturated carbocycles. The maximum absolute atomic E-state index is 13.5. The number of esters is 1. The lowest BCUT2D eigenvalue weighted by Gasteiger charge is -2.34. The molecular formula is C22H18N2O3. The van der Waals surface area contributed by atoms with Gasteiger partial charge in [-0.25, -0.2) is 0 Å². The van der Waals surface area contributed by atoms with Crippen LogP contribution in [-0.4, -0.2) is 16.7 Å². The largest absolute Gasteiger partial charge is 0.426 e. The third kappa shape index (κ3) is 3.19. The Morgan fingerprint density at radius 1 is 1.00 bits per heavy atom. The highest BCUT2D eigenvalue weighted by Crippen LogP contribution is 2.44.